The summed E-state index contributed by atoms with van der Waals surface area (Å²) >= 11 is 0. The average molecular weight is 478 g/mol. The Morgan fingerprint density at radius 1 is 0.706 bits per heavy atom. The Morgan fingerprint density at radius 2 is 1.21 bits per heavy atom. The topological polar surface area (TPSA) is 69.6 Å². The molecule has 2 unspecified atom stereocenters. The van der Waals surface area contributed by atoms with E-state index in [0.29, 0.717) is 6.42 Å². The molecule has 0 spiro atoms. The number of aliphatic hydroxyl groups is 2. The van der Waals surface area contributed by atoms with Gasteiger partial charge in [-0.15, -0.1) is 0 Å². The Hall–Kier alpha value is -1.39. The Morgan fingerprint density at radius 3 is 1.76 bits per heavy atom. The SMILES string of the molecule is CCCCC/C=C\C/C=C\CCCCCCCCCC(=O)NC(CO)C(O)/C=C/CCCCC. The molecule has 0 bridgehead atoms. The summed E-state index contributed by atoms with van der Waals surface area (Å²) in [5.41, 5.74) is 0. The quantitative estimate of drug-likeness (QED) is 0.0992. The Bertz CT molecular complexity index is 527. The van der Waals surface area contributed by atoms with Crippen LogP contribution in [-0.4, -0.2) is 34.9 Å². The van der Waals surface area contributed by atoms with Gasteiger partial charge < -0.3 is 15.5 Å². The number of unbranched alkanes of at least 4 members (excludes halogenated alkanes) is 13. The summed E-state index contributed by atoms with van der Waals surface area (Å²) in [5, 5.41) is 22.4. The normalized spacial score (nSPS) is 13.9. The lowest BCUT2D eigenvalue weighted by atomic mass is 10.1. The molecular formula is C30H55NO3. The van der Waals surface area contributed by atoms with Crippen LogP contribution in [0.3, 0.4) is 0 Å². The first-order valence-electron chi connectivity index (χ1n) is 14.2. The number of carbonyl (C=O) groups is 1. The van der Waals surface area contributed by atoms with E-state index in [-0.39, 0.29) is 12.5 Å². The van der Waals surface area contributed by atoms with Gasteiger partial charge in [-0.3, -0.25) is 4.79 Å². The molecule has 2 atom stereocenters. The molecule has 0 heterocycles. The molecule has 0 aromatic carbocycles. The molecule has 0 aliphatic heterocycles. The Kier molecular flexibility index (Phi) is 25.1. The van der Waals surface area contributed by atoms with Crippen LogP contribution < -0.4 is 5.32 Å². The van der Waals surface area contributed by atoms with Crippen molar-refractivity contribution < 1.29 is 15.0 Å². The second-order valence-electron chi connectivity index (χ2n) is 9.46. The van der Waals surface area contributed by atoms with E-state index in [2.05, 4.69) is 43.5 Å². The second-order valence-corrected chi connectivity index (χ2v) is 9.46. The minimum atomic E-state index is -0.836. The molecule has 0 rings (SSSR count). The van der Waals surface area contributed by atoms with Crippen LogP contribution in [0.2, 0.25) is 0 Å². The lowest BCUT2D eigenvalue weighted by molar-refractivity contribution is -0.123. The molecule has 0 saturated heterocycles. The van der Waals surface area contributed by atoms with Crippen LogP contribution >= 0.6 is 0 Å². The molecule has 0 saturated carbocycles. The summed E-state index contributed by atoms with van der Waals surface area (Å²) in [6, 6.07) is -0.620. The van der Waals surface area contributed by atoms with Crippen molar-refractivity contribution in [3.8, 4) is 0 Å². The van der Waals surface area contributed by atoms with Gasteiger partial charge in [0.05, 0.1) is 18.8 Å². The predicted molar refractivity (Wildman–Crippen MR) is 147 cm³/mol. The van der Waals surface area contributed by atoms with Gasteiger partial charge in [0.15, 0.2) is 0 Å². The first kappa shape index (κ1) is 32.6. The molecule has 0 aromatic rings. The number of amides is 1. The third kappa shape index (κ3) is 22.4. The number of nitrogens with one attached hydrogen (secondary N) is 1. The Labute approximate surface area is 211 Å². The highest BCUT2D eigenvalue weighted by Gasteiger charge is 2.17. The van der Waals surface area contributed by atoms with Crippen molar-refractivity contribution in [3.05, 3.63) is 36.5 Å². The highest BCUT2D eigenvalue weighted by molar-refractivity contribution is 5.76. The smallest absolute Gasteiger partial charge is 0.220 e. The molecule has 0 aliphatic carbocycles. The number of allylic oxidation sites excluding steroid dienone is 5. The first-order valence-corrected chi connectivity index (χ1v) is 14.2. The van der Waals surface area contributed by atoms with Crippen molar-refractivity contribution in [3.63, 3.8) is 0 Å². The minimum absolute atomic E-state index is 0.0833. The molecule has 4 nitrogen and oxygen atoms in total. The zero-order valence-corrected chi connectivity index (χ0v) is 22.4. The number of hydrogen-bond acceptors (Lipinski definition) is 3. The number of rotatable bonds is 24. The van der Waals surface area contributed by atoms with E-state index in [4.69, 9.17) is 0 Å². The predicted octanol–water partition coefficient (Wildman–Crippen LogP) is 7.55. The fourth-order valence-electron chi connectivity index (χ4n) is 3.85. The number of hydrogen-bond donors (Lipinski definition) is 3. The van der Waals surface area contributed by atoms with E-state index >= 15 is 0 Å². The molecule has 1 amide bonds. The maximum absolute atomic E-state index is 12.1. The highest BCUT2D eigenvalue weighted by Crippen LogP contribution is 2.11. The monoisotopic (exact) mass is 477 g/mol. The van der Waals surface area contributed by atoms with Gasteiger partial charge in [0.25, 0.3) is 0 Å². The fraction of sp³-hybridized carbons (Fsp3) is 0.767. The lowest BCUT2D eigenvalue weighted by Gasteiger charge is -2.20. The molecule has 198 valence electrons. The van der Waals surface area contributed by atoms with Crippen LogP contribution in [0.15, 0.2) is 36.5 Å². The largest absolute Gasteiger partial charge is 0.394 e. The number of carbonyl (C=O) groups excluding carboxylic acids is 1. The van der Waals surface area contributed by atoms with Crippen LogP contribution in [0.1, 0.15) is 129 Å². The molecule has 4 heteroatoms. The maximum Gasteiger partial charge on any atom is 0.220 e. The fourth-order valence-corrected chi connectivity index (χ4v) is 3.85. The maximum atomic E-state index is 12.1. The van der Waals surface area contributed by atoms with Crippen molar-refractivity contribution in [2.24, 2.45) is 0 Å². The van der Waals surface area contributed by atoms with Crippen molar-refractivity contribution >= 4 is 5.91 Å². The summed E-state index contributed by atoms with van der Waals surface area (Å²) in [7, 11) is 0. The number of aliphatic hydroxyl groups excluding tert-OH is 2. The average Bonchev–Trinajstić information content (AvgIpc) is 2.84. The van der Waals surface area contributed by atoms with Gasteiger partial charge in [-0.25, -0.2) is 0 Å². The molecular weight excluding hydrogens is 422 g/mol. The van der Waals surface area contributed by atoms with E-state index in [9.17, 15) is 15.0 Å². The standard InChI is InChI=1S/C30H55NO3/c1-3-5-7-9-10-11-12-13-14-15-16-17-18-19-20-22-24-26-30(34)31-28(27-32)29(33)25-23-21-8-6-4-2/h10-11,13-14,23,25,28-29,32-33H,3-9,12,15-22,24,26-27H2,1-2H3,(H,31,34)/b11-10-,14-13-,25-23+. The first-order chi connectivity index (χ1) is 16.7. The van der Waals surface area contributed by atoms with E-state index in [1.54, 1.807) is 6.08 Å². The van der Waals surface area contributed by atoms with Gasteiger partial charge in [-0.2, -0.15) is 0 Å². The van der Waals surface area contributed by atoms with Crippen LogP contribution in [0.5, 0.6) is 0 Å². The van der Waals surface area contributed by atoms with Crippen molar-refractivity contribution in [2.45, 2.75) is 142 Å². The molecule has 0 fully saturated rings. The molecule has 0 aromatic heterocycles. The van der Waals surface area contributed by atoms with Gasteiger partial charge in [-0.05, 0) is 51.4 Å². The molecule has 34 heavy (non-hydrogen) atoms. The van der Waals surface area contributed by atoms with Crippen LogP contribution in [0, 0.1) is 0 Å². The summed E-state index contributed by atoms with van der Waals surface area (Å²) in [6.45, 7) is 4.15. The van der Waals surface area contributed by atoms with Crippen LogP contribution in [-0.2, 0) is 4.79 Å². The van der Waals surface area contributed by atoms with Gasteiger partial charge in [0, 0.05) is 6.42 Å². The third-order valence-electron chi connectivity index (χ3n) is 6.12. The summed E-state index contributed by atoms with van der Waals surface area (Å²) in [6.07, 6.45) is 32.3. The van der Waals surface area contributed by atoms with Crippen LogP contribution in [0.25, 0.3) is 0 Å². The molecule has 0 radical (unpaired) electrons. The third-order valence-corrected chi connectivity index (χ3v) is 6.12. The van der Waals surface area contributed by atoms with E-state index in [1.165, 1.54) is 77.0 Å². The van der Waals surface area contributed by atoms with Crippen molar-refractivity contribution in [1.29, 1.82) is 0 Å². The van der Waals surface area contributed by atoms with Gasteiger partial charge >= 0.3 is 0 Å². The lowest BCUT2D eigenvalue weighted by Crippen LogP contribution is -2.45. The van der Waals surface area contributed by atoms with E-state index in [0.717, 1.165) is 32.1 Å². The summed E-state index contributed by atoms with van der Waals surface area (Å²) < 4.78 is 0. The van der Waals surface area contributed by atoms with Crippen molar-refractivity contribution in [2.75, 3.05) is 6.61 Å². The zero-order chi connectivity index (χ0) is 25.1. The summed E-state index contributed by atoms with van der Waals surface area (Å²) in [5.74, 6) is -0.0833. The highest BCUT2D eigenvalue weighted by atomic mass is 16.3. The van der Waals surface area contributed by atoms with Crippen LogP contribution in [0.4, 0.5) is 0 Å². The van der Waals surface area contributed by atoms with Gasteiger partial charge in [0.2, 0.25) is 5.91 Å². The van der Waals surface area contributed by atoms with Crippen molar-refractivity contribution in [1.82, 2.24) is 5.32 Å². The van der Waals surface area contributed by atoms with E-state index < -0.39 is 12.1 Å². The Balaban J connectivity index is 3.62. The molecule has 3 N–H and O–H groups in total. The minimum Gasteiger partial charge on any atom is -0.394 e. The van der Waals surface area contributed by atoms with Gasteiger partial charge in [-0.1, -0.05) is 108 Å². The zero-order valence-electron chi connectivity index (χ0n) is 22.4. The molecule has 0 aliphatic rings. The van der Waals surface area contributed by atoms with E-state index in [1.807, 2.05) is 6.08 Å². The summed E-state index contributed by atoms with van der Waals surface area (Å²) in [4.78, 5) is 12.1. The van der Waals surface area contributed by atoms with Gasteiger partial charge in [0.1, 0.15) is 0 Å². The second kappa shape index (κ2) is 26.2.